The zero-order valence-electron chi connectivity index (χ0n) is 15.7. The summed E-state index contributed by atoms with van der Waals surface area (Å²) < 4.78 is 5.23. The van der Waals surface area contributed by atoms with E-state index >= 15 is 0 Å². The predicted octanol–water partition coefficient (Wildman–Crippen LogP) is 3.89. The van der Waals surface area contributed by atoms with E-state index in [1.165, 1.54) is 0 Å². The van der Waals surface area contributed by atoms with Crippen LogP contribution in [0.15, 0.2) is 54.6 Å². The third kappa shape index (κ3) is 4.50. The molecule has 0 fully saturated rings. The maximum Gasteiger partial charge on any atom is 0.339 e. The second-order valence-corrected chi connectivity index (χ2v) is 6.74. The Bertz CT molecular complexity index is 979. The van der Waals surface area contributed by atoms with E-state index in [4.69, 9.17) is 4.74 Å². The summed E-state index contributed by atoms with van der Waals surface area (Å²) in [7, 11) is 0. The van der Waals surface area contributed by atoms with Crippen molar-refractivity contribution < 1.29 is 14.3 Å². The smallest absolute Gasteiger partial charge is 0.339 e. The molecule has 0 saturated carbocycles. The molecule has 5 nitrogen and oxygen atoms in total. The molecule has 1 N–H and O–H groups in total. The molecule has 0 atom stereocenters. The van der Waals surface area contributed by atoms with Crippen LogP contribution in [0, 0.1) is 6.92 Å². The van der Waals surface area contributed by atoms with Gasteiger partial charge in [-0.15, -0.1) is 0 Å². The van der Waals surface area contributed by atoms with Crippen molar-refractivity contribution >= 4 is 22.8 Å². The SMILES string of the molecule is Cc1ccc(-c2cc(C(=O)OCC(=O)NC(C)C)c3ccccc3n2)cc1. The number of esters is 1. The summed E-state index contributed by atoms with van der Waals surface area (Å²) in [6, 6.07) is 17.1. The number of ether oxygens (including phenoxy) is 1. The number of hydrogen-bond donors (Lipinski definition) is 1. The molecule has 3 rings (SSSR count). The minimum Gasteiger partial charge on any atom is -0.452 e. The van der Waals surface area contributed by atoms with Crippen LogP contribution in [0.3, 0.4) is 0 Å². The van der Waals surface area contributed by atoms with E-state index in [-0.39, 0.29) is 18.6 Å². The number of benzene rings is 2. The molecule has 5 heteroatoms. The molecule has 0 aliphatic carbocycles. The zero-order chi connectivity index (χ0) is 19.4. The minimum absolute atomic E-state index is 0.00824. The van der Waals surface area contributed by atoms with Crippen molar-refractivity contribution in [2.45, 2.75) is 26.8 Å². The van der Waals surface area contributed by atoms with E-state index in [0.29, 0.717) is 22.2 Å². The first kappa shape index (κ1) is 18.6. The molecule has 0 saturated heterocycles. The highest BCUT2D eigenvalue weighted by Gasteiger charge is 2.16. The summed E-state index contributed by atoms with van der Waals surface area (Å²) in [5, 5.41) is 3.40. The number of fused-ring (bicyclic) bond motifs is 1. The lowest BCUT2D eigenvalue weighted by atomic mass is 10.0. The van der Waals surface area contributed by atoms with Gasteiger partial charge in [0.05, 0.1) is 16.8 Å². The third-order valence-electron chi connectivity index (χ3n) is 4.07. The molecule has 0 bridgehead atoms. The Morgan fingerprint density at radius 2 is 1.78 bits per heavy atom. The molecule has 0 aliphatic heterocycles. The number of amides is 1. The van der Waals surface area contributed by atoms with Gasteiger partial charge >= 0.3 is 5.97 Å². The molecule has 2 aromatic carbocycles. The minimum atomic E-state index is -0.541. The number of hydrogen-bond acceptors (Lipinski definition) is 4. The summed E-state index contributed by atoms with van der Waals surface area (Å²) in [5.41, 5.74) is 3.85. The van der Waals surface area contributed by atoms with Crippen molar-refractivity contribution in [2.75, 3.05) is 6.61 Å². The number of nitrogens with zero attached hydrogens (tertiary/aromatic N) is 1. The van der Waals surface area contributed by atoms with Crippen molar-refractivity contribution in [3.8, 4) is 11.3 Å². The highest BCUT2D eigenvalue weighted by atomic mass is 16.5. The van der Waals surface area contributed by atoms with Crippen LogP contribution in [0.4, 0.5) is 0 Å². The highest BCUT2D eigenvalue weighted by molar-refractivity contribution is 6.05. The Labute approximate surface area is 158 Å². The third-order valence-corrected chi connectivity index (χ3v) is 4.07. The van der Waals surface area contributed by atoms with Crippen molar-refractivity contribution in [1.82, 2.24) is 10.3 Å². The first-order valence-corrected chi connectivity index (χ1v) is 8.87. The Balaban J connectivity index is 1.94. The Hall–Kier alpha value is -3.21. The average molecular weight is 362 g/mol. The standard InChI is InChI=1S/C22H22N2O3/c1-14(2)23-21(25)13-27-22(26)18-12-20(16-10-8-15(3)9-11-16)24-19-7-5-4-6-17(18)19/h4-12,14H,13H2,1-3H3,(H,23,25). The summed E-state index contributed by atoms with van der Waals surface area (Å²) in [6.07, 6.45) is 0. The normalized spacial score (nSPS) is 10.8. The Kier molecular flexibility index (Phi) is 5.50. The monoisotopic (exact) mass is 362 g/mol. The fourth-order valence-corrected chi connectivity index (χ4v) is 2.79. The molecule has 0 unspecified atom stereocenters. The number of rotatable bonds is 5. The van der Waals surface area contributed by atoms with Gasteiger partial charge in [0.25, 0.3) is 5.91 Å². The van der Waals surface area contributed by atoms with Crippen molar-refractivity contribution in [3.05, 3.63) is 65.7 Å². The Morgan fingerprint density at radius 1 is 1.07 bits per heavy atom. The molecular formula is C22H22N2O3. The first-order chi connectivity index (χ1) is 12.9. The van der Waals surface area contributed by atoms with Crippen LogP contribution >= 0.6 is 0 Å². The average Bonchev–Trinajstić information content (AvgIpc) is 2.65. The van der Waals surface area contributed by atoms with E-state index in [9.17, 15) is 9.59 Å². The van der Waals surface area contributed by atoms with Crippen LogP contribution in [0.1, 0.15) is 29.8 Å². The molecule has 1 amide bonds. The van der Waals surface area contributed by atoms with E-state index in [0.717, 1.165) is 11.1 Å². The van der Waals surface area contributed by atoms with Crippen molar-refractivity contribution in [1.29, 1.82) is 0 Å². The molecule has 3 aromatic rings. The molecule has 1 heterocycles. The number of carbonyl (C=O) groups excluding carboxylic acids is 2. The second-order valence-electron chi connectivity index (χ2n) is 6.74. The van der Waals surface area contributed by atoms with E-state index in [1.807, 2.05) is 69.3 Å². The van der Waals surface area contributed by atoms with Crippen LogP contribution < -0.4 is 5.32 Å². The van der Waals surface area contributed by atoms with E-state index in [2.05, 4.69) is 10.3 Å². The molecule has 27 heavy (non-hydrogen) atoms. The number of nitrogens with one attached hydrogen (secondary N) is 1. The lowest BCUT2D eigenvalue weighted by Gasteiger charge is -2.11. The van der Waals surface area contributed by atoms with Gasteiger partial charge in [-0.05, 0) is 32.9 Å². The number of carbonyl (C=O) groups is 2. The first-order valence-electron chi connectivity index (χ1n) is 8.87. The largest absolute Gasteiger partial charge is 0.452 e. The van der Waals surface area contributed by atoms with Gasteiger partial charge < -0.3 is 10.1 Å². The van der Waals surface area contributed by atoms with Gasteiger partial charge in [0.1, 0.15) is 0 Å². The maximum atomic E-state index is 12.7. The molecule has 1 aromatic heterocycles. The number of pyridine rings is 1. The van der Waals surface area contributed by atoms with Crippen molar-refractivity contribution in [2.24, 2.45) is 0 Å². The lowest BCUT2D eigenvalue weighted by molar-refractivity contribution is -0.124. The summed E-state index contributed by atoms with van der Waals surface area (Å²) in [5.74, 6) is -0.865. The van der Waals surface area contributed by atoms with Crippen molar-refractivity contribution in [3.63, 3.8) is 0 Å². The van der Waals surface area contributed by atoms with Crippen LogP contribution in [0.5, 0.6) is 0 Å². The quantitative estimate of drug-likeness (QED) is 0.699. The predicted molar refractivity (Wildman–Crippen MR) is 105 cm³/mol. The number of aromatic nitrogens is 1. The van der Waals surface area contributed by atoms with Gasteiger partial charge in [0, 0.05) is 17.0 Å². The van der Waals surface area contributed by atoms with Gasteiger partial charge in [0.2, 0.25) is 0 Å². The highest BCUT2D eigenvalue weighted by Crippen LogP contribution is 2.25. The summed E-state index contributed by atoms with van der Waals surface area (Å²) in [6.45, 7) is 5.41. The summed E-state index contributed by atoms with van der Waals surface area (Å²) >= 11 is 0. The van der Waals surface area contributed by atoms with Crippen LogP contribution in [-0.4, -0.2) is 29.5 Å². The second kappa shape index (κ2) is 7.99. The van der Waals surface area contributed by atoms with Gasteiger partial charge in [-0.1, -0.05) is 48.0 Å². The fraction of sp³-hybridized carbons (Fsp3) is 0.227. The fourth-order valence-electron chi connectivity index (χ4n) is 2.79. The molecule has 138 valence electrons. The molecule has 0 radical (unpaired) electrons. The van der Waals surface area contributed by atoms with E-state index < -0.39 is 5.97 Å². The van der Waals surface area contributed by atoms with Crippen LogP contribution in [0.2, 0.25) is 0 Å². The Morgan fingerprint density at radius 3 is 2.48 bits per heavy atom. The lowest BCUT2D eigenvalue weighted by Crippen LogP contribution is -2.34. The van der Waals surface area contributed by atoms with Gasteiger partial charge in [-0.25, -0.2) is 9.78 Å². The van der Waals surface area contributed by atoms with Gasteiger partial charge in [-0.2, -0.15) is 0 Å². The van der Waals surface area contributed by atoms with E-state index in [1.54, 1.807) is 6.07 Å². The molecule has 0 aliphatic rings. The number of para-hydroxylation sites is 1. The molecular weight excluding hydrogens is 340 g/mol. The van der Waals surface area contributed by atoms with Gasteiger partial charge in [0.15, 0.2) is 6.61 Å². The van der Waals surface area contributed by atoms with Crippen LogP contribution in [-0.2, 0) is 9.53 Å². The zero-order valence-corrected chi connectivity index (χ0v) is 15.7. The van der Waals surface area contributed by atoms with Gasteiger partial charge in [-0.3, -0.25) is 4.79 Å². The number of aryl methyl sites for hydroxylation is 1. The summed E-state index contributed by atoms with van der Waals surface area (Å²) in [4.78, 5) is 29.1. The molecule has 0 spiro atoms. The van der Waals surface area contributed by atoms with Crippen LogP contribution in [0.25, 0.3) is 22.2 Å². The topological polar surface area (TPSA) is 68.3 Å². The maximum absolute atomic E-state index is 12.7.